The van der Waals surface area contributed by atoms with Gasteiger partial charge in [0.25, 0.3) is 0 Å². The summed E-state index contributed by atoms with van der Waals surface area (Å²) in [6, 6.07) is 9.05. The Balaban J connectivity index is 1.65. The molecule has 0 spiro atoms. The van der Waals surface area contributed by atoms with Gasteiger partial charge in [-0.2, -0.15) is 0 Å². The fourth-order valence-corrected chi connectivity index (χ4v) is 9.17. The first-order valence-electron chi connectivity index (χ1n) is 19.1. The van der Waals surface area contributed by atoms with Crippen molar-refractivity contribution >= 4 is 334 Å². The topological polar surface area (TPSA) is 13.1 Å². The molecule has 0 aliphatic carbocycles. The van der Waals surface area contributed by atoms with Gasteiger partial charge >= 0.3 is 0 Å². The molecule has 1 heterocycles. The van der Waals surface area contributed by atoms with Crippen molar-refractivity contribution in [1.29, 1.82) is 0 Å². The largest absolute Gasteiger partial charge is 0.457 e. The molecule has 1 nitrogen and oxygen atoms in total. The normalized spacial score (nSPS) is 11.8. The van der Waals surface area contributed by atoms with Crippen molar-refractivity contribution in [2.45, 2.75) is 0 Å². The van der Waals surface area contributed by atoms with Gasteiger partial charge in [0.15, 0.2) is 0 Å². The summed E-state index contributed by atoms with van der Waals surface area (Å²) in [4.78, 5) is 0. The van der Waals surface area contributed by atoms with Crippen LogP contribution in [0.2, 0.25) is 0 Å². The van der Waals surface area contributed by atoms with Gasteiger partial charge in [0.2, 0.25) is 0 Å². The van der Waals surface area contributed by atoms with Crippen molar-refractivity contribution in [3.05, 3.63) is 30.3 Å². The molecule has 0 atom stereocenters. The number of fused-ring (bicyclic) bond motifs is 6. The van der Waals surface area contributed by atoms with E-state index in [2.05, 4.69) is 0 Å². The van der Waals surface area contributed by atoms with Crippen LogP contribution in [-0.4, -0.2) is 165 Å². The Morgan fingerprint density at radius 3 is 0.875 bits per heavy atom. The Labute approximate surface area is 399 Å². The van der Waals surface area contributed by atoms with E-state index in [4.69, 9.17) is 169 Å². The first-order chi connectivity index (χ1) is 30.1. The second-order valence-electron chi connectivity index (χ2n) is 15.7. The molecule has 0 aliphatic rings. The predicted octanol–water partition coefficient (Wildman–Crippen LogP) is -13.3. The zero-order valence-electron chi connectivity index (χ0n) is 33.9. The molecule has 8 aromatic carbocycles. The van der Waals surface area contributed by atoms with E-state index in [0.717, 1.165) is 0 Å². The van der Waals surface area contributed by atoms with Crippen LogP contribution >= 0.6 is 0 Å². The molecule has 0 saturated carbocycles. The van der Waals surface area contributed by atoms with E-state index in [1.165, 1.54) is 0 Å². The van der Waals surface area contributed by atoms with E-state index in [1.807, 2.05) is 18.2 Å². The Hall–Kier alpha value is -4.30. The zero-order valence-corrected chi connectivity index (χ0v) is 33.9. The summed E-state index contributed by atoms with van der Waals surface area (Å²) in [5, 5.41) is 1.08. The van der Waals surface area contributed by atoms with E-state index < -0.39 is 0 Å². The van der Waals surface area contributed by atoms with Crippen LogP contribution in [0.3, 0.4) is 0 Å². The standard InChI is InChI=1S/C42H5B21O/c43-20-17(29(52)39(62)41-18(20)19-30(53)37(60)38(61)40(63)42(19)64-41)9-14-11(24(47)32(55)34(57)26(14)49)8(12-15(9)27(50)35(58)33(56)25(12)48)13-16-10(23(46)31(54)36(59)28(16)51)7(21(44)22(13)45)6-4-2-1-3-5-6/h1-5H. The van der Waals surface area contributed by atoms with Crippen molar-refractivity contribution in [3.8, 4) is 33.4 Å². The highest BCUT2D eigenvalue weighted by Crippen LogP contribution is 2.42. The minimum absolute atomic E-state index is 0.00743. The predicted molar refractivity (Wildman–Crippen MR) is 296 cm³/mol. The lowest BCUT2D eigenvalue weighted by Crippen LogP contribution is -2.51. The maximum Gasteiger partial charge on any atom is 0.127 e. The maximum atomic E-state index is 7.23. The molecule has 0 bridgehead atoms. The summed E-state index contributed by atoms with van der Waals surface area (Å²) in [7, 11) is 143. The molecule has 0 aliphatic heterocycles. The van der Waals surface area contributed by atoms with Gasteiger partial charge in [0, 0.05) is 10.8 Å². The van der Waals surface area contributed by atoms with Crippen molar-refractivity contribution in [1.82, 2.24) is 0 Å². The molecule has 42 radical (unpaired) electrons. The van der Waals surface area contributed by atoms with E-state index in [1.54, 1.807) is 12.1 Å². The van der Waals surface area contributed by atoms with Gasteiger partial charge in [-0.1, -0.05) is 101 Å². The Kier molecular flexibility index (Phi) is 10.8. The molecule has 0 amide bonds. The quantitative estimate of drug-likeness (QED) is 0.129. The number of hydrogen-bond acceptors (Lipinski definition) is 1. The molecule has 0 unspecified atom stereocenters. The average Bonchev–Trinajstić information content (AvgIpc) is 3.70. The van der Waals surface area contributed by atoms with E-state index >= 15 is 0 Å². The number of hydrogen-bond donors (Lipinski definition) is 0. The molecule has 0 N–H and O–H groups in total. The molecule has 22 heteroatoms. The third-order valence-corrected chi connectivity index (χ3v) is 12.5. The highest BCUT2D eigenvalue weighted by atomic mass is 16.3. The molecule has 9 aromatic rings. The molecule has 0 saturated heterocycles. The monoisotopic (exact) mass is 756 g/mol. The van der Waals surface area contributed by atoms with Gasteiger partial charge < -0.3 is 4.42 Å². The van der Waals surface area contributed by atoms with Gasteiger partial charge in [-0.25, -0.2) is 0 Å². The van der Waals surface area contributed by atoms with Gasteiger partial charge in [-0.15, -0.1) is 43.7 Å². The summed E-state index contributed by atoms with van der Waals surface area (Å²) in [6.45, 7) is 0. The van der Waals surface area contributed by atoms with E-state index in [-0.39, 0.29) is 191 Å². The van der Waals surface area contributed by atoms with Crippen LogP contribution in [0, 0.1) is 0 Å². The molecular weight excluding hydrogens is 748 g/mol. The summed E-state index contributed by atoms with van der Waals surface area (Å²) < 4.78 is 6.18. The van der Waals surface area contributed by atoms with Crippen LogP contribution in [0.15, 0.2) is 34.7 Å². The molecular formula is C42H5B21O. The first kappa shape index (κ1) is 44.9. The van der Waals surface area contributed by atoms with Gasteiger partial charge in [-0.3, -0.25) is 0 Å². The summed E-state index contributed by atoms with van der Waals surface area (Å²) in [6.07, 6.45) is 0. The number of rotatable bonds is 3. The van der Waals surface area contributed by atoms with Gasteiger partial charge in [0.05, 0.1) is 0 Å². The zero-order chi connectivity index (χ0) is 46.6. The summed E-state index contributed by atoms with van der Waals surface area (Å²) in [5.74, 6) is 0. The van der Waals surface area contributed by atoms with E-state index in [9.17, 15) is 0 Å². The molecule has 64 heavy (non-hydrogen) atoms. The molecule has 242 valence electrons. The summed E-state index contributed by atoms with van der Waals surface area (Å²) in [5.41, 5.74) is -0.182. The second-order valence-corrected chi connectivity index (χ2v) is 15.7. The van der Waals surface area contributed by atoms with Crippen molar-refractivity contribution < 1.29 is 4.42 Å². The van der Waals surface area contributed by atoms with Crippen LogP contribution in [0.1, 0.15) is 0 Å². The van der Waals surface area contributed by atoms with Crippen molar-refractivity contribution in [2.24, 2.45) is 0 Å². The van der Waals surface area contributed by atoms with Crippen LogP contribution in [0.4, 0.5) is 0 Å². The number of benzene rings is 8. The second kappa shape index (κ2) is 15.4. The fourth-order valence-electron chi connectivity index (χ4n) is 9.17. The highest BCUT2D eigenvalue weighted by Gasteiger charge is 2.31. The van der Waals surface area contributed by atoms with Crippen LogP contribution in [-0.2, 0) is 0 Å². The molecule has 1 aromatic heterocycles. The first-order valence-corrected chi connectivity index (χ1v) is 19.1. The fraction of sp³-hybridized carbons (Fsp3) is 0. The smallest absolute Gasteiger partial charge is 0.127 e. The SMILES string of the molecule is [B]c1c([B])c([B])c2c(oc3c([B])c([B])c(-c4c5c([B])c([B])c([B])c([B])c5c(-c5c([B])c([B])c(-c6ccccc6)c6c([B])c([B])c([B])c([B])c56)c5c([B])c([B])c([B])c([B])c45)c([B])c32)c1[B]. The Morgan fingerprint density at radius 2 is 0.469 bits per heavy atom. The van der Waals surface area contributed by atoms with E-state index in [0.29, 0.717) is 11.1 Å². The molecule has 0 fully saturated rings. The summed E-state index contributed by atoms with van der Waals surface area (Å²) >= 11 is 0. The average molecular weight is 753 g/mol. The third-order valence-electron chi connectivity index (χ3n) is 12.5. The van der Waals surface area contributed by atoms with Crippen molar-refractivity contribution in [3.63, 3.8) is 0 Å². The van der Waals surface area contributed by atoms with Crippen LogP contribution < -0.4 is 115 Å². The third kappa shape index (κ3) is 5.75. The molecule has 9 rings (SSSR count). The minimum Gasteiger partial charge on any atom is -0.457 e. The lowest BCUT2D eigenvalue weighted by atomic mass is 9.56. The lowest BCUT2D eigenvalue weighted by molar-refractivity contribution is 0.675. The van der Waals surface area contributed by atoms with Crippen LogP contribution in [0.25, 0.3) is 87.6 Å². The van der Waals surface area contributed by atoms with Gasteiger partial charge in [-0.05, 0) is 65.7 Å². The Morgan fingerprint density at radius 1 is 0.203 bits per heavy atom. The maximum absolute atomic E-state index is 7.23. The minimum atomic E-state index is -0.138. The lowest BCUT2D eigenvalue weighted by Gasteiger charge is -2.32. The van der Waals surface area contributed by atoms with Crippen molar-refractivity contribution in [2.75, 3.05) is 0 Å². The van der Waals surface area contributed by atoms with Crippen LogP contribution in [0.5, 0.6) is 0 Å². The Bertz CT molecular complexity index is 3590. The van der Waals surface area contributed by atoms with Gasteiger partial charge in [0.1, 0.15) is 176 Å². The number of furan rings is 1. The highest BCUT2D eigenvalue weighted by molar-refractivity contribution is 6.75.